The Bertz CT molecular complexity index is 1200. The Kier molecular flexibility index (Phi) is 4.37. The van der Waals surface area contributed by atoms with Crippen molar-refractivity contribution in [2.75, 3.05) is 7.11 Å². The minimum Gasteiger partial charge on any atom is -0.466 e. The molecule has 3 aromatic rings. The third kappa shape index (κ3) is 2.96. The van der Waals surface area contributed by atoms with Crippen LogP contribution in [-0.4, -0.2) is 17.6 Å². The molecule has 0 bridgehead atoms. The van der Waals surface area contributed by atoms with Crippen LogP contribution in [0.5, 0.6) is 0 Å². The van der Waals surface area contributed by atoms with E-state index in [1.807, 2.05) is 30.3 Å². The van der Waals surface area contributed by atoms with Gasteiger partial charge in [0.05, 0.1) is 35.2 Å². The summed E-state index contributed by atoms with van der Waals surface area (Å²) in [5.74, 6) is 0.0887. The molecule has 0 aliphatic carbocycles. The number of benzene rings is 1. The fourth-order valence-corrected chi connectivity index (χ4v) is 4.17. The maximum Gasteiger partial charge on any atom is 0.338 e. The number of carbonyl (C=O) groups excluding carboxylic acids is 1. The maximum atomic E-state index is 13.2. The van der Waals surface area contributed by atoms with Crippen molar-refractivity contribution in [2.45, 2.75) is 13.0 Å². The fourth-order valence-electron chi connectivity index (χ4n) is 3.15. The van der Waals surface area contributed by atoms with E-state index in [0.717, 1.165) is 5.56 Å². The van der Waals surface area contributed by atoms with Gasteiger partial charge in [-0.25, -0.2) is 9.79 Å². The van der Waals surface area contributed by atoms with E-state index >= 15 is 0 Å². The van der Waals surface area contributed by atoms with Crippen molar-refractivity contribution in [3.05, 3.63) is 91.0 Å². The highest BCUT2D eigenvalue weighted by Crippen LogP contribution is 2.30. The molecule has 0 fully saturated rings. The quantitative estimate of drug-likeness (QED) is 0.652. The van der Waals surface area contributed by atoms with Gasteiger partial charge in [0.15, 0.2) is 4.80 Å². The second-order valence-electron chi connectivity index (χ2n) is 6.00. The largest absolute Gasteiger partial charge is 0.466 e. The minimum absolute atomic E-state index is 0.224. The third-order valence-corrected chi connectivity index (χ3v) is 5.34. The van der Waals surface area contributed by atoms with Crippen LogP contribution in [0.15, 0.2) is 74.2 Å². The minimum atomic E-state index is -0.589. The number of rotatable bonds is 3. The number of nitrogens with zero attached hydrogens (tertiary/aromatic N) is 2. The summed E-state index contributed by atoms with van der Waals surface area (Å²) in [6.07, 6.45) is 3.23. The Morgan fingerprint density at radius 1 is 1.26 bits per heavy atom. The number of thiazole rings is 1. The van der Waals surface area contributed by atoms with Gasteiger partial charge in [-0.2, -0.15) is 0 Å². The number of ether oxygens (including phenoxy) is 1. The number of methoxy groups -OCH3 is 1. The van der Waals surface area contributed by atoms with E-state index in [9.17, 15) is 9.59 Å². The summed E-state index contributed by atoms with van der Waals surface area (Å²) >= 11 is 1.27. The lowest BCUT2D eigenvalue weighted by atomic mass is 9.96. The Hall–Kier alpha value is -3.19. The summed E-state index contributed by atoms with van der Waals surface area (Å²) in [7, 11) is 1.33. The number of allylic oxidation sites excluding steroid dienone is 1. The van der Waals surface area contributed by atoms with Crippen LogP contribution in [0.2, 0.25) is 0 Å². The molecule has 0 radical (unpaired) electrons. The molecule has 0 N–H and O–H groups in total. The van der Waals surface area contributed by atoms with E-state index in [4.69, 9.17) is 9.15 Å². The molecule has 0 spiro atoms. The van der Waals surface area contributed by atoms with Crippen LogP contribution >= 0.6 is 11.3 Å². The highest BCUT2D eigenvalue weighted by Gasteiger charge is 2.32. The van der Waals surface area contributed by atoms with Crippen molar-refractivity contribution in [1.82, 2.24) is 4.57 Å². The molecule has 27 heavy (non-hydrogen) atoms. The molecule has 1 atom stereocenters. The summed E-state index contributed by atoms with van der Waals surface area (Å²) in [5.41, 5.74) is 1.50. The van der Waals surface area contributed by atoms with Gasteiger partial charge in [0.25, 0.3) is 5.56 Å². The molecule has 1 aromatic carbocycles. The Morgan fingerprint density at radius 2 is 2.04 bits per heavy atom. The molecule has 136 valence electrons. The van der Waals surface area contributed by atoms with Crippen molar-refractivity contribution in [3.63, 3.8) is 0 Å². The van der Waals surface area contributed by atoms with Crippen molar-refractivity contribution >= 4 is 23.4 Å². The number of fused-ring (bicyclic) bond motifs is 1. The second kappa shape index (κ2) is 6.85. The van der Waals surface area contributed by atoms with E-state index in [1.54, 1.807) is 36.0 Å². The monoisotopic (exact) mass is 380 g/mol. The topological polar surface area (TPSA) is 73.8 Å². The maximum absolute atomic E-state index is 13.2. The first-order valence-corrected chi connectivity index (χ1v) is 9.11. The Labute approximate surface area is 158 Å². The van der Waals surface area contributed by atoms with Gasteiger partial charge >= 0.3 is 5.97 Å². The summed E-state index contributed by atoms with van der Waals surface area (Å²) in [4.78, 5) is 30.7. The lowest BCUT2D eigenvalue weighted by Crippen LogP contribution is -2.39. The van der Waals surface area contributed by atoms with Crippen LogP contribution in [0.1, 0.15) is 24.3 Å². The number of esters is 1. The number of aromatic nitrogens is 1. The number of hydrogen-bond donors (Lipinski definition) is 0. The van der Waals surface area contributed by atoms with Crippen molar-refractivity contribution in [2.24, 2.45) is 4.99 Å². The predicted octanol–water partition coefficient (Wildman–Crippen LogP) is 2.00. The van der Waals surface area contributed by atoms with Crippen LogP contribution < -0.4 is 14.9 Å². The van der Waals surface area contributed by atoms with Crippen LogP contribution in [-0.2, 0) is 9.53 Å². The molecule has 6 nitrogen and oxygen atoms in total. The zero-order valence-corrected chi connectivity index (χ0v) is 15.5. The molecule has 0 saturated heterocycles. The standard InChI is InChI=1S/C20H16N2O4S/c1-12-16(19(24)25-2)17(13-7-4-3-5-8-13)22-18(23)15(27-20(22)21-12)11-14-9-6-10-26-14/h3-11,17H,1-2H3/b15-11+/t17-/m0/s1. The van der Waals surface area contributed by atoms with Gasteiger partial charge in [0, 0.05) is 6.08 Å². The van der Waals surface area contributed by atoms with Crippen molar-refractivity contribution in [3.8, 4) is 0 Å². The highest BCUT2D eigenvalue weighted by molar-refractivity contribution is 7.07. The Balaban J connectivity index is 2.00. The van der Waals surface area contributed by atoms with Crippen molar-refractivity contribution < 1.29 is 13.9 Å². The summed E-state index contributed by atoms with van der Waals surface area (Å²) < 4.78 is 12.3. The summed E-state index contributed by atoms with van der Waals surface area (Å²) in [6.45, 7) is 1.76. The lowest BCUT2D eigenvalue weighted by Gasteiger charge is -2.24. The van der Waals surface area contributed by atoms with Gasteiger partial charge in [-0.1, -0.05) is 41.7 Å². The summed E-state index contributed by atoms with van der Waals surface area (Å²) in [5, 5.41) is 0. The molecule has 3 heterocycles. The number of hydrogen-bond acceptors (Lipinski definition) is 6. The fraction of sp³-hybridized carbons (Fsp3) is 0.150. The first-order valence-electron chi connectivity index (χ1n) is 8.29. The SMILES string of the molecule is COC(=O)C1=C(C)N=c2s/c(=C/c3ccco3)c(=O)n2[C@H]1c1ccccc1. The van der Waals surface area contributed by atoms with E-state index in [-0.39, 0.29) is 5.56 Å². The van der Waals surface area contributed by atoms with Crippen LogP contribution in [0.3, 0.4) is 0 Å². The van der Waals surface area contributed by atoms with E-state index < -0.39 is 12.0 Å². The average molecular weight is 380 g/mol. The van der Waals surface area contributed by atoms with Gasteiger partial charge < -0.3 is 9.15 Å². The van der Waals surface area contributed by atoms with Gasteiger partial charge in [0.2, 0.25) is 0 Å². The third-order valence-electron chi connectivity index (χ3n) is 4.36. The van der Waals surface area contributed by atoms with Gasteiger partial charge in [-0.05, 0) is 24.6 Å². The van der Waals surface area contributed by atoms with Gasteiger partial charge in [-0.15, -0.1) is 0 Å². The first kappa shape index (κ1) is 17.2. The predicted molar refractivity (Wildman–Crippen MR) is 101 cm³/mol. The zero-order valence-electron chi connectivity index (χ0n) is 14.7. The van der Waals surface area contributed by atoms with Gasteiger partial charge in [-0.3, -0.25) is 9.36 Å². The lowest BCUT2D eigenvalue weighted by molar-refractivity contribution is -0.136. The highest BCUT2D eigenvalue weighted by atomic mass is 32.1. The normalized spacial score (nSPS) is 16.8. The zero-order chi connectivity index (χ0) is 19.0. The van der Waals surface area contributed by atoms with Crippen LogP contribution in [0.4, 0.5) is 0 Å². The molecular formula is C20H16N2O4S. The van der Waals surface area contributed by atoms with Crippen molar-refractivity contribution in [1.29, 1.82) is 0 Å². The van der Waals surface area contributed by atoms with E-state index in [0.29, 0.717) is 26.4 Å². The summed E-state index contributed by atoms with van der Waals surface area (Å²) in [6, 6.07) is 12.3. The first-order chi connectivity index (χ1) is 13.1. The molecular weight excluding hydrogens is 364 g/mol. The van der Waals surface area contributed by atoms with Gasteiger partial charge in [0.1, 0.15) is 5.76 Å². The molecule has 4 rings (SSSR count). The van der Waals surface area contributed by atoms with Crippen LogP contribution in [0.25, 0.3) is 6.08 Å². The molecule has 0 saturated carbocycles. The van der Waals surface area contributed by atoms with Crippen LogP contribution in [0, 0.1) is 0 Å². The Morgan fingerprint density at radius 3 is 2.70 bits per heavy atom. The van der Waals surface area contributed by atoms with E-state index in [2.05, 4.69) is 4.99 Å². The number of furan rings is 1. The molecule has 7 heteroatoms. The molecule has 0 unspecified atom stereocenters. The average Bonchev–Trinajstić information content (AvgIpc) is 3.29. The molecule has 1 aliphatic heterocycles. The smallest absolute Gasteiger partial charge is 0.338 e. The van der Waals surface area contributed by atoms with E-state index in [1.165, 1.54) is 18.4 Å². The number of carbonyl (C=O) groups is 1. The second-order valence-corrected chi connectivity index (χ2v) is 7.01. The molecule has 2 aromatic heterocycles. The molecule has 0 amide bonds. The molecule has 1 aliphatic rings.